The maximum Gasteiger partial charge on any atom is 0.129 e. The van der Waals surface area contributed by atoms with E-state index in [9.17, 15) is 0 Å². The summed E-state index contributed by atoms with van der Waals surface area (Å²) in [7, 11) is 3.40. The molecular formula is C15H25NO2. The largest absolute Gasteiger partial charge is 0.496 e. The first-order chi connectivity index (χ1) is 8.67. The second kappa shape index (κ2) is 7.27. The van der Waals surface area contributed by atoms with E-state index in [4.69, 9.17) is 9.47 Å². The molecule has 1 rings (SSSR count). The SMILES string of the molecule is CCC(CC)NCc1ccc(OC)c(C)c1OC. The van der Waals surface area contributed by atoms with Gasteiger partial charge in [-0.2, -0.15) is 0 Å². The number of methoxy groups -OCH3 is 2. The molecule has 0 spiro atoms. The van der Waals surface area contributed by atoms with Crippen LogP contribution in [0.25, 0.3) is 0 Å². The molecule has 0 aliphatic rings. The molecule has 0 fully saturated rings. The number of hydrogen-bond acceptors (Lipinski definition) is 3. The number of ether oxygens (including phenoxy) is 2. The molecule has 0 atom stereocenters. The van der Waals surface area contributed by atoms with Gasteiger partial charge in [-0.15, -0.1) is 0 Å². The van der Waals surface area contributed by atoms with Crippen molar-refractivity contribution < 1.29 is 9.47 Å². The molecule has 0 aromatic heterocycles. The van der Waals surface area contributed by atoms with Gasteiger partial charge in [-0.05, 0) is 25.8 Å². The summed E-state index contributed by atoms with van der Waals surface area (Å²) >= 11 is 0. The maximum atomic E-state index is 5.50. The van der Waals surface area contributed by atoms with Crippen LogP contribution >= 0.6 is 0 Å². The molecule has 0 unspecified atom stereocenters. The lowest BCUT2D eigenvalue weighted by molar-refractivity contribution is 0.382. The molecule has 0 amide bonds. The summed E-state index contributed by atoms with van der Waals surface area (Å²) in [6, 6.07) is 4.64. The number of nitrogens with one attached hydrogen (secondary N) is 1. The molecule has 1 N–H and O–H groups in total. The summed E-state index contributed by atoms with van der Waals surface area (Å²) in [5.74, 6) is 1.80. The monoisotopic (exact) mass is 251 g/mol. The van der Waals surface area contributed by atoms with E-state index in [0.29, 0.717) is 6.04 Å². The van der Waals surface area contributed by atoms with Crippen molar-refractivity contribution in [2.24, 2.45) is 0 Å². The quantitative estimate of drug-likeness (QED) is 0.806. The lowest BCUT2D eigenvalue weighted by Crippen LogP contribution is -2.27. The molecule has 102 valence electrons. The molecular weight excluding hydrogens is 226 g/mol. The van der Waals surface area contributed by atoms with E-state index in [1.807, 2.05) is 13.0 Å². The van der Waals surface area contributed by atoms with E-state index in [2.05, 4.69) is 25.2 Å². The second-order valence-electron chi connectivity index (χ2n) is 4.48. The Morgan fingerprint density at radius 3 is 2.28 bits per heavy atom. The van der Waals surface area contributed by atoms with Crippen molar-refractivity contribution in [2.75, 3.05) is 14.2 Å². The van der Waals surface area contributed by atoms with E-state index in [1.165, 1.54) is 5.56 Å². The Labute approximate surface area is 110 Å². The van der Waals surface area contributed by atoms with E-state index < -0.39 is 0 Å². The van der Waals surface area contributed by atoms with Gasteiger partial charge in [0.05, 0.1) is 14.2 Å². The Kier molecular flexibility index (Phi) is 5.99. The third-order valence-electron chi connectivity index (χ3n) is 3.43. The summed E-state index contributed by atoms with van der Waals surface area (Å²) < 4.78 is 10.8. The van der Waals surface area contributed by atoms with Crippen molar-refractivity contribution in [1.82, 2.24) is 5.32 Å². The first-order valence-electron chi connectivity index (χ1n) is 6.61. The molecule has 0 aliphatic heterocycles. The molecule has 0 saturated carbocycles. The highest BCUT2D eigenvalue weighted by Gasteiger charge is 2.12. The minimum absolute atomic E-state index is 0.567. The molecule has 0 heterocycles. The van der Waals surface area contributed by atoms with Crippen molar-refractivity contribution in [1.29, 1.82) is 0 Å². The van der Waals surface area contributed by atoms with Crippen LogP contribution in [-0.2, 0) is 6.54 Å². The fourth-order valence-corrected chi connectivity index (χ4v) is 2.21. The van der Waals surface area contributed by atoms with Crippen LogP contribution in [0.15, 0.2) is 12.1 Å². The highest BCUT2D eigenvalue weighted by molar-refractivity contribution is 5.49. The van der Waals surface area contributed by atoms with Crippen LogP contribution in [0.5, 0.6) is 11.5 Å². The highest BCUT2D eigenvalue weighted by atomic mass is 16.5. The van der Waals surface area contributed by atoms with E-state index in [-0.39, 0.29) is 0 Å². The second-order valence-corrected chi connectivity index (χ2v) is 4.48. The molecule has 0 aliphatic carbocycles. The highest BCUT2D eigenvalue weighted by Crippen LogP contribution is 2.31. The van der Waals surface area contributed by atoms with Gasteiger partial charge in [0.2, 0.25) is 0 Å². The van der Waals surface area contributed by atoms with Crippen LogP contribution in [0.1, 0.15) is 37.8 Å². The number of benzene rings is 1. The van der Waals surface area contributed by atoms with Crippen molar-refractivity contribution >= 4 is 0 Å². The molecule has 0 radical (unpaired) electrons. The van der Waals surface area contributed by atoms with Gasteiger partial charge >= 0.3 is 0 Å². The van der Waals surface area contributed by atoms with Crippen LogP contribution in [0.4, 0.5) is 0 Å². The average Bonchev–Trinajstić information content (AvgIpc) is 2.40. The van der Waals surface area contributed by atoms with E-state index >= 15 is 0 Å². The smallest absolute Gasteiger partial charge is 0.129 e. The molecule has 0 saturated heterocycles. The van der Waals surface area contributed by atoms with Crippen LogP contribution in [0, 0.1) is 6.92 Å². The van der Waals surface area contributed by atoms with Gasteiger partial charge in [0, 0.05) is 23.7 Å². The van der Waals surface area contributed by atoms with Gasteiger partial charge in [0.1, 0.15) is 11.5 Å². The van der Waals surface area contributed by atoms with Crippen LogP contribution in [-0.4, -0.2) is 20.3 Å². The normalized spacial score (nSPS) is 10.8. The lowest BCUT2D eigenvalue weighted by atomic mass is 10.1. The van der Waals surface area contributed by atoms with Crippen LogP contribution in [0.3, 0.4) is 0 Å². The summed E-state index contributed by atoms with van der Waals surface area (Å²) in [5.41, 5.74) is 2.24. The Morgan fingerprint density at radius 2 is 1.78 bits per heavy atom. The summed E-state index contributed by atoms with van der Waals surface area (Å²) in [4.78, 5) is 0. The van der Waals surface area contributed by atoms with Crippen molar-refractivity contribution in [3.8, 4) is 11.5 Å². The Bertz CT molecular complexity index is 373. The summed E-state index contributed by atoms with van der Waals surface area (Å²) in [5, 5.41) is 3.55. The number of hydrogen-bond donors (Lipinski definition) is 1. The lowest BCUT2D eigenvalue weighted by Gasteiger charge is -2.18. The molecule has 3 nitrogen and oxygen atoms in total. The molecule has 18 heavy (non-hydrogen) atoms. The first kappa shape index (κ1) is 14.8. The van der Waals surface area contributed by atoms with Gasteiger partial charge in [-0.3, -0.25) is 0 Å². The Morgan fingerprint density at radius 1 is 1.11 bits per heavy atom. The third kappa shape index (κ3) is 3.39. The van der Waals surface area contributed by atoms with Crippen molar-refractivity contribution in [3.63, 3.8) is 0 Å². The number of rotatable bonds is 7. The van der Waals surface area contributed by atoms with Gasteiger partial charge in [-0.1, -0.05) is 19.9 Å². The average molecular weight is 251 g/mol. The minimum Gasteiger partial charge on any atom is -0.496 e. The first-order valence-corrected chi connectivity index (χ1v) is 6.61. The zero-order valence-corrected chi connectivity index (χ0v) is 12.2. The van der Waals surface area contributed by atoms with Crippen molar-refractivity contribution in [3.05, 3.63) is 23.3 Å². The van der Waals surface area contributed by atoms with E-state index in [0.717, 1.165) is 36.4 Å². The van der Waals surface area contributed by atoms with Gasteiger partial charge < -0.3 is 14.8 Å². The maximum absolute atomic E-state index is 5.50. The van der Waals surface area contributed by atoms with Crippen LogP contribution in [0.2, 0.25) is 0 Å². The zero-order chi connectivity index (χ0) is 13.5. The van der Waals surface area contributed by atoms with Crippen LogP contribution < -0.4 is 14.8 Å². The Balaban J connectivity index is 2.86. The molecule has 1 aromatic carbocycles. The molecule has 1 aromatic rings. The van der Waals surface area contributed by atoms with E-state index in [1.54, 1.807) is 14.2 Å². The fourth-order valence-electron chi connectivity index (χ4n) is 2.21. The molecule has 3 heteroatoms. The fraction of sp³-hybridized carbons (Fsp3) is 0.600. The van der Waals surface area contributed by atoms with Gasteiger partial charge in [-0.25, -0.2) is 0 Å². The van der Waals surface area contributed by atoms with Gasteiger partial charge in [0.25, 0.3) is 0 Å². The topological polar surface area (TPSA) is 30.5 Å². The molecule has 0 bridgehead atoms. The summed E-state index contributed by atoms with van der Waals surface area (Å²) in [6.45, 7) is 7.27. The Hall–Kier alpha value is -1.22. The van der Waals surface area contributed by atoms with Crippen molar-refractivity contribution in [2.45, 2.75) is 46.2 Å². The minimum atomic E-state index is 0.567. The standard InChI is InChI=1S/C15H25NO2/c1-6-13(7-2)16-10-12-8-9-14(17-4)11(3)15(12)18-5/h8-9,13,16H,6-7,10H2,1-5H3. The predicted molar refractivity (Wildman–Crippen MR) is 75.5 cm³/mol. The predicted octanol–water partition coefficient (Wildman–Crippen LogP) is 3.29. The zero-order valence-electron chi connectivity index (χ0n) is 12.2. The third-order valence-corrected chi connectivity index (χ3v) is 3.43. The summed E-state index contributed by atoms with van der Waals surface area (Å²) in [6.07, 6.45) is 2.29. The van der Waals surface area contributed by atoms with Gasteiger partial charge in [0.15, 0.2) is 0 Å².